The second-order valence-electron chi connectivity index (χ2n) is 4.79. The first-order valence-corrected chi connectivity index (χ1v) is 7.02. The Bertz CT molecular complexity index is 510. The summed E-state index contributed by atoms with van der Waals surface area (Å²) in [7, 11) is 1.56. The van der Waals surface area contributed by atoms with Gasteiger partial charge in [0, 0.05) is 31.1 Å². The molecule has 0 radical (unpaired) electrons. The molecular formula is C13H15Cl2N3O. The number of rotatable bonds is 2. The van der Waals surface area contributed by atoms with Crippen molar-refractivity contribution >= 4 is 28.9 Å². The Hall–Kier alpha value is -0.970. The van der Waals surface area contributed by atoms with Gasteiger partial charge in [-0.3, -0.25) is 0 Å². The number of hydrogen-bond donors (Lipinski definition) is 2. The molecular weight excluding hydrogens is 285 g/mol. The highest BCUT2D eigenvalue weighted by atomic mass is 35.5. The SMILES string of the molecule is COc1c(Cl)cc(C2NN=C3CCNCC32)cc1Cl. The zero-order valence-electron chi connectivity index (χ0n) is 10.5. The lowest BCUT2D eigenvalue weighted by Gasteiger charge is -2.25. The molecule has 1 aromatic carbocycles. The zero-order chi connectivity index (χ0) is 13.4. The lowest BCUT2D eigenvalue weighted by atomic mass is 9.87. The van der Waals surface area contributed by atoms with Gasteiger partial charge in [0.1, 0.15) is 0 Å². The van der Waals surface area contributed by atoms with E-state index in [4.69, 9.17) is 27.9 Å². The number of fused-ring (bicyclic) bond motifs is 1. The van der Waals surface area contributed by atoms with Crippen LogP contribution in [-0.2, 0) is 0 Å². The van der Waals surface area contributed by atoms with Crippen LogP contribution in [0.3, 0.4) is 0 Å². The summed E-state index contributed by atoms with van der Waals surface area (Å²) in [5, 5.41) is 8.89. The predicted octanol–water partition coefficient (Wildman–Crippen LogP) is 2.61. The highest BCUT2D eigenvalue weighted by Crippen LogP contribution is 2.38. The molecule has 0 saturated carbocycles. The van der Waals surface area contributed by atoms with Crippen molar-refractivity contribution in [1.82, 2.24) is 10.7 Å². The van der Waals surface area contributed by atoms with Crippen LogP contribution in [-0.4, -0.2) is 25.9 Å². The largest absolute Gasteiger partial charge is 0.494 e. The normalized spacial score (nSPS) is 25.5. The molecule has 102 valence electrons. The summed E-state index contributed by atoms with van der Waals surface area (Å²) in [6.07, 6.45) is 0.992. The number of ether oxygens (including phenoxy) is 1. The Morgan fingerprint density at radius 1 is 1.32 bits per heavy atom. The molecule has 2 atom stereocenters. The van der Waals surface area contributed by atoms with E-state index in [9.17, 15) is 0 Å². The minimum absolute atomic E-state index is 0.128. The number of halogens is 2. The molecule has 2 aliphatic rings. The third-order valence-electron chi connectivity index (χ3n) is 3.68. The van der Waals surface area contributed by atoms with Crippen molar-refractivity contribution in [3.63, 3.8) is 0 Å². The first-order chi connectivity index (χ1) is 9.20. The fraction of sp³-hybridized carbons (Fsp3) is 0.462. The van der Waals surface area contributed by atoms with E-state index in [1.807, 2.05) is 12.1 Å². The molecule has 19 heavy (non-hydrogen) atoms. The maximum absolute atomic E-state index is 6.20. The maximum atomic E-state index is 6.20. The van der Waals surface area contributed by atoms with Crippen molar-refractivity contribution in [3.8, 4) is 5.75 Å². The number of benzene rings is 1. The molecule has 2 N–H and O–H groups in total. The van der Waals surface area contributed by atoms with Gasteiger partial charge in [0.25, 0.3) is 0 Å². The molecule has 1 fully saturated rings. The molecule has 3 rings (SSSR count). The second kappa shape index (κ2) is 5.19. The molecule has 6 heteroatoms. The molecule has 4 nitrogen and oxygen atoms in total. The van der Waals surface area contributed by atoms with Gasteiger partial charge in [0.2, 0.25) is 0 Å². The quantitative estimate of drug-likeness (QED) is 0.882. The van der Waals surface area contributed by atoms with Crippen LogP contribution in [0.4, 0.5) is 0 Å². The van der Waals surface area contributed by atoms with Crippen LogP contribution in [0, 0.1) is 5.92 Å². The number of methoxy groups -OCH3 is 1. The van der Waals surface area contributed by atoms with Crippen LogP contribution in [0.25, 0.3) is 0 Å². The predicted molar refractivity (Wildman–Crippen MR) is 77.3 cm³/mol. The van der Waals surface area contributed by atoms with E-state index in [2.05, 4.69) is 15.8 Å². The first kappa shape index (κ1) is 13.0. The molecule has 0 spiro atoms. The monoisotopic (exact) mass is 299 g/mol. The summed E-state index contributed by atoms with van der Waals surface area (Å²) in [5.41, 5.74) is 5.47. The molecule has 0 bridgehead atoms. The van der Waals surface area contributed by atoms with Crippen LogP contribution < -0.4 is 15.5 Å². The fourth-order valence-electron chi connectivity index (χ4n) is 2.73. The summed E-state index contributed by atoms with van der Waals surface area (Å²) in [4.78, 5) is 0. The van der Waals surface area contributed by atoms with E-state index in [1.165, 1.54) is 5.71 Å². The number of nitrogens with zero attached hydrogens (tertiary/aromatic N) is 1. The average molecular weight is 300 g/mol. The van der Waals surface area contributed by atoms with E-state index in [0.717, 1.165) is 25.1 Å². The van der Waals surface area contributed by atoms with Crippen LogP contribution in [0.5, 0.6) is 5.75 Å². The number of hydrazone groups is 1. The summed E-state index contributed by atoms with van der Waals surface area (Å²) in [6, 6.07) is 3.93. The third-order valence-corrected chi connectivity index (χ3v) is 4.25. The molecule has 1 saturated heterocycles. The van der Waals surface area contributed by atoms with Crippen LogP contribution in [0.2, 0.25) is 10.0 Å². The third kappa shape index (κ3) is 2.29. The van der Waals surface area contributed by atoms with Gasteiger partial charge < -0.3 is 15.5 Å². The Morgan fingerprint density at radius 3 is 2.74 bits per heavy atom. The standard InChI is InChI=1S/C13H15Cl2N3O/c1-19-13-9(14)4-7(5-10(13)15)12-8-6-16-3-2-11(8)17-18-12/h4-5,8,12,16,18H,2-3,6H2,1H3. The van der Waals surface area contributed by atoms with E-state index in [-0.39, 0.29) is 6.04 Å². The summed E-state index contributed by atoms with van der Waals surface area (Å²) < 4.78 is 5.17. The van der Waals surface area contributed by atoms with Gasteiger partial charge >= 0.3 is 0 Å². The van der Waals surface area contributed by atoms with E-state index >= 15 is 0 Å². The van der Waals surface area contributed by atoms with Gasteiger partial charge in [0.05, 0.1) is 23.2 Å². The molecule has 2 heterocycles. The second-order valence-corrected chi connectivity index (χ2v) is 5.60. The van der Waals surface area contributed by atoms with Gasteiger partial charge in [-0.15, -0.1) is 0 Å². The van der Waals surface area contributed by atoms with Gasteiger partial charge in [-0.05, 0) is 17.7 Å². The van der Waals surface area contributed by atoms with E-state index in [0.29, 0.717) is 21.7 Å². The zero-order valence-corrected chi connectivity index (χ0v) is 12.1. The van der Waals surface area contributed by atoms with Crippen molar-refractivity contribution in [2.24, 2.45) is 11.0 Å². The van der Waals surface area contributed by atoms with Gasteiger partial charge in [-0.1, -0.05) is 23.2 Å². The molecule has 0 aromatic heterocycles. The number of piperidine rings is 1. The fourth-order valence-corrected chi connectivity index (χ4v) is 3.39. The molecule has 2 aliphatic heterocycles. The van der Waals surface area contributed by atoms with E-state index < -0.39 is 0 Å². The minimum Gasteiger partial charge on any atom is -0.494 e. The highest BCUT2D eigenvalue weighted by molar-refractivity contribution is 6.37. The van der Waals surface area contributed by atoms with Gasteiger partial charge in [0.15, 0.2) is 5.75 Å². The summed E-state index contributed by atoms with van der Waals surface area (Å²) in [6.45, 7) is 1.92. The average Bonchev–Trinajstić information content (AvgIpc) is 2.82. The summed E-state index contributed by atoms with van der Waals surface area (Å²) in [5.74, 6) is 0.891. The highest BCUT2D eigenvalue weighted by Gasteiger charge is 2.34. The minimum atomic E-state index is 0.128. The lowest BCUT2D eigenvalue weighted by molar-refractivity contribution is 0.413. The Kier molecular flexibility index (Phi) is 3.56. The molecule has 0 aliphatic carbocycles. The van der Waals surface area contributed by atoms with Crippen molar-refractivity contribution in [2.75, 3.05) is 20.2 Å². The number of nitrogens with one attached hydrogen (secondary N) is 2. The Balaban J connectivity index is 1.91. The summed E-state index contributed by atoms with van der Waals surface area (Å²) >= 11 is 12.4. The Labute approximate surface area is 122 Å². The molecule has 2 unspecified atom stereocenters. The van der Waals surface area contributed by atoms with Crippen LogP contribution in [0.1, 0.15) is 18.0 Å². The van der Waals surface area contributed by atoms with E-state index in [1.54, 1.807) is 7.11 Å². The maximum Gasteiger partial charge on any atom is 0.156 e. The molecule has 0 amide bonds. The number of hydrogen-bond acceptors (Lipinski definition) is 4. The van der Waals surface area contributed by atoms with Crippen molar-refractivity contribution in [1.29, 1.82) is 0 Å². The van der Waals surface area contributed by atoms with Gasteiger partial charge in [-0.25, -0.2) is 0 Å². The van der Waals surface area contributed by atoms with Crippen molar-refractivity contribution in [3.05, 3.63) is 27.7 Å². The van der Waals surface area contributed by atoms with Crippen molar-refractivity contribution in [2.45, 2.75) is 12.5 Å². The first-order valence-electron chi connectivity index (χ1n) is 6.26. The van der Waals surface area contributed by atoms with Crippen molar-refractivity contribution < 1.29 is 4.74 Å². The lowest BCUT2D eigenvalue weighted by Crippen LogP contribution is -2.38. The van der Waals surface area contributed by atoms with Gasteiger partial charge in [-0.2, -0.15) is 5.10 Å². The topological polar surface area (TPSA) is 45.6 Å². The molecule has 1 aromatic rings. The van der Waals surface area contributed by atoms with Crippen LogP contribution in [0.15, 0.2) is 17.2 Å². The smallest absolute Gasteiger partial charge is 0.156 e. The van der Waals surface area contributed by atoms with Crippen LogP contribution >= 0.6 is 23.2 Å². The Morgan fingerprint density at radius 2 is 2.05 bits per heavy atom.